The number of esters is 1. The van der Waals surface area contributed by atoms with Crippen molar-refractivity contribution in [2.24, 2.45) is 5.41 Å². The van der Waals surface area contributed by atoms with Gasteiger partial charge in [0, 0.05) is 24.0 Å². The molecular formula is C15H14O5. The van der Waals surface area contributed by atoms with E-state index in [-0.39, 0.29) is 31.0 Å². The van der Waals surface area contributed by atoms with Crippen molar-refractivity contribution < 1.29 is 24.2 Å². The van der Waals surface area contributed by atoms with Gasteiger partial charge in [-0.15, -0.1) is 0 Å². The first-order valence-electron chi connectivity index (χ1n) is 6.59. The molecule has 0 bridgehead atoms. The molecule has 2 atom stereocenters. The maximum absolute atomic E-state index is 12.7. The van der Waals surface area contributed by atoms with Gasteiger partial charge < -0.3 is 9.84 Å². The molecule has 0 aromatic heterocycles. The molecule has 1 N–H and O–H groups in total. The quantitative estimate of drug-likeness (QED) is 0.854. The van der Waals surface area contributed by atoms with Gasteiger partial charge in [-0.2, -0.15) is 0 Å². The van der Waals surface area contributed by atoms with Gasteiger partial charge in [0.15, 0.2) is 5.78 Å². The van der Waals surface area contributed by atoms with E-state index in [2.05, 4.69) is 0 Å². The fraction of sp³-hybridized carbons (Fsp3) is 0.400. The van der Waals surface area contributed by atoms with Gasteiger partial charge in [0.1, 0.15) is 6.10 Å². The van der Waals surface area contributed by atoms with Crippen molar-refractivity contribution in [2.75, 3.05) is 0 Å². The molecule has 0 saturated carbocycles. The van der Waals surface area contributed by atoms with E-state index in [9.17, 15) is 14.4 Å². The second-order valence-electron chi connectivity index (χ2n) is 5.34. The minimum absolute atomic E-state index is 0.0909. The molecule has 104 valence electrons. The Morgan fingerprint density at radius 2 is 2.10 bits per heavy atom. The lowest BCUT2D eigenvalue weighted by Gasteiger charge is -2.37. The van der Waals surface area contributed by atoms with E-state index in [0.717, 1.165) is 0 Å². The van der Waals surface area contributed by atoms with Crippen LogP contribution in [0.25, 0.3) is 0 Å². The molecule has 1 aromatic carbocycles. The Balaban J connectivity index is 2.04. The average molecular weight is 274 g/mol. The highest BCUT2D eigenvalue weighted by Crippen LogP contribution is 2.55. The zero-order valence-corrected chi connectivity index (χ0v) is 10.8. The number of hydrogen-bond acceptors (Lipinski definition) is 4. The van der Waals surface area contributed by atoms with Gasteiger partial charge in [0.05, 0.1) is 5.41 Å². The molecule has 1 heterocycles. The van der Waals surface area contributed by atoms with Crippen LogP contribution in [0.3, 0.4) is 0 Å². The lowest BCUT2D eigenvalue weighted by atomic mass is 9.72. The molecule has 5 nitrogen and oxygen atoms in total. The van der Waals surface area contributed by atoms with Crippen LogP contribution in [0.5, 0.6) is 0 Å². The minimum Gasteiger partial charge on any atom is -0.481 e. The number of rotatable bonds is 3. The maximum atomic E-state index is 12.7. The number of carboxylic acid groups (broad SMARTS) is 1. The fourth-order valence-corrected chi connectivity index (χ4v) is 3.25. The molecule has 20 heavy (non-hydrogen) atoms. The van der Waals surface area contributed by atoms with Gasteiger partial charge in [-0.3, -0.25) is 14.4 Å². The second kappa shape index (κ2) is 4.44. The number of fused-ring (bicyclic) bond motifs is 3. The number of carbonyl (C=O) groups is 3. The molecule has 1 aromatic rings. The van der Waals surface area contributed by atoms with Gasteiger partial charge >= 0.3 is 11.9 Å². The Kier molecular flexibility index (Phi) is 2.85. The Morgan fingerprint density at radius 1 is 1.35 bits per heavy atom. The van der Waals surface area contributed by atoms with Gasteiger partial charge in [-0.1, -0.05) is 24.3 Å². The SMILES string of the molecule is O=C(O)CCC12CCC(=O)OC1c1ccccc1C2=O. The number of aliphatic carboxylic acids is 1. The molecule has 2 aliphatic rings. The molecule has 0 radical (unpaired) electrons. The third kappa shape index (κ3) is 1.73. The summed E-state index contributed by atoms with van der Waals surface area (Å²) in [6, 6.07) is 7.05. The van der Waals surface area contributed by atoms with Crippen LogP contribution in [0.2, 0.25) is 0 Å². The predicted octanol–water partition coefficient (Wildman–Crippen LogP) is 2.11. The molecule has 1 saturated heterocycles. The van der Waals surface area contributed by atoms with Crippen LogP contribution in [-0.2, 0) is 14.3 Å². The Bertz CT molecular complexity index is 606. The van der Waals surface area contributed by atoms with E-state index in [1.54, 1.807) is 24.3 Å². The van der Waals surface area contributed by atoms with Crippen LogP contribution in [0.1, 0.15) is 47.7 Å². The van der Waals surface area contributed by atoms with Gasteiger partial charge in [0.25, 0.3) is 0 Å². The van der Waals surface area contributed by atoms with Crippen LogP contribution >= 0.6 is 0 Å². The lowest BCUT2D eigenvalue weighted by molar-refractivity contribution is -0.163. The van der Waals surface area contributed by atoms with E-state index < -0.39 is 17.5 Å². The molecule has 3 rings (SSSR count). The zero-order chi connectivity index (χ0) is 14.3. The second-order valence-corrected chi connectivity index (χ2v) is 5.34. The summed E-state index contributed by atoms with van der Waals surface area (Å²) in [5.41, 5.74) is 0.365. The van der Waals surface area contributed by atoms with Gasteiger partial charge in [-0.25, -0.2) is 0 Å². The van der Waals surface area contributed by atoms with E-state index in [1.165, 1.54) is 0 Å². The monoisotopic (exact) mass is 274 g/mol. The highest BCUT2D eigenvalue weighted by Gasteiger charge is 2.56. The number of hydrogen-bond donors (Lipinski definition) is 1. The van der Waals surface area contributed by atoms with Gasteiger partial charge in [-0.05, 0) is 12.8 Å². The third-order valence-corrected chi connectivity index (χ3v) is 4.25. The Hall–Kier alpha value is -2.17. The largest absolute Gasteiger partial charge is 0.481 e. The van der Waals surface area contributed by atoms with Crippen LogP contribution in [0, 0.1) is 5.41 Å². The predicted molar refractivity (Wildman–Crippen MR) is 68.1 cm³/mol. The normalized spacial score (nSPS) is 27.7. The minimum atomic E-state index is -0.946. The molecule has 1 aliphatic carbocycles. The van der Waals surface area contributed by atoms with Crippen LogP contribution in [-0.4, -0.2) is 22.8 Å². The summed E-state index contributed by atoms with van der Waals surface area (Å²) in [7, 11) is 0. The molecule has 1 fully saturated rings. The van der Waals surface area contributed by atoms with Crippen molar-refractivity contribution in [1.82, 2.24) is 0 Å². The Morgan fingerprint density at radius 3 is 2.85 bits per heavy atom. The van der Waals surface area contributed by atoms with Crippen molar-refractivity contribution in [2.45, 2.75) is 31.8 Å². The van der Waals surface area contributed by atoms with E-state index in [4.69, 9.17) is 9.84 Å². The van der Waals surface area contributed by atoms with Crippen molar-refractivity contribution in [3.05, 3.63) is 35.4 Å². The summed E-state index contributed by atoms with van der Waals surface area (Å²) in [4.78, 5) is 35.1. The van der Waals surface area contributed by atoms with E-state index in [1.807, 2.05) is 0 Å². The summed E-state index contributed by atoms with van der Waals surface area (Å²) < 4.78 is 5.39. The summed E-state index contributed by atoms with van der Waals surface area (Å²) in [5, 5.41) is 8.90. The number of ketones is 1. The molecule has 0 spiro atoms. The average Bonchev–Trinajstić information content (AvgIpc) is 2.68. The van der Waals surface area contributed by atoms with Crippen LogP contribution in [0.4, 0.5) is 0 Å². The van der Waals surface area contributed by atoms with Gasteiger partial charge in [0.2, 0.25) is 0 Å². The highest BCUT2D eigenvalue weighted by atomic mass is 16.5. The first-order valence-corrected chi connectivity index (χ1v) is 6.59. The summed E-state index contributed by atoms with van der Waals surface area (Å²) in [5.74, 6) is -1.36. The van der Waals surface area contributed by atoms with E-state index >= 15 is 0 Å². The molecule has 2 unspecified atom stereocenters. The third-order valence-electron chi connectivity index (χ3n) is 4.25. The van der Waals surface area contributed by atoms with E-state index in [0.29, 0.717) is 17.5 Å². The highest BCUT2D eigenvalue weighted by molar-refractivity contribution is 6.06. The number of benzene rings is 1. The zero-order valence-electron chi connectivity index (χ0n) is 10.8. The molecular weight excluding hydrogens is 260 g/mol. The molecule has 1 aliphatic heterocycles. The van der Waals surface area contributed by atoms with Crippen molar-refractivity contribution in [1.29, 1.82) is 0 Å². The van der Waals surface area contributed by atoms with Crippen LogP contribution in [0.15, 0.2) is 24.3 Å². The Labute approximate surface area is 115 Å². The fourth-order valence-electron chi connectivity index (χ4n) is 3.25. The molecule has 0 amide bonds. The number of Topliss-reactive ketones (excluding diaryl/α,β-unsaturated/α-hetero) is 1. The number of carbonyl (C=O) groups excluding carboxylic acids is 2. The maximum Gasteiger partial charge on any atom is 0.306 e. The standard InChI is InChI=1S/C15H14O5/c16-11(17)5-7-15-8-6-12(18)20-14(15)10-4-2-1-3-9(10)13(15)19/h1-4,14H,5-8H2,(H,16,17). The summed E-state index contributed by atoms with van der Waals surface area (Å²) in [6.45, 7) is 0. The molecule has 5 heteroatoms. The lowest BCUT2D eigenvalue weighted by Crippen LogP contribution is -2.39. The smallest absolute Gasteiger partial charge is 0.306 e. The number of ether oxygens (including phenoxy) is 1. The topological polar surface area (TPSA) is 80.7 Å². The first kappa shape index (κ1) is 12.8. The van der Waals surface area contributed by atoms with Crippen LogP contribution < -0.4 is 0 Å². The summed E-state index contributed by atoms with van der Waals surface area (Å²) in [6.07, 6.45) is -0.0128. The van der Waals surface area contributed by atoms with Crippen molar-refractivity contribution >= 4 is 17.7 Å². The first-order chi connectivity index (χ1) is 9.54. The van der Waals surface area contributed by atoms with Crippen molar-refractivity contribution in [3.8, 4) is 0 Å². The van der Waals surface area contributed by atoms with Crippen molar-refractivity contribution in [3.63, 3.8) is 0 Å². The summed E-state index contributed by atoms with van der Waals surface area (Å²) >= 11 is 0. The number of carboxylic acids is 1.